The fraction of sp³-hybridized carbons (Fsp3) is 0.200. The molecule has 3 heterocycles. The quantitative estimate of drug-likeness (QED) is 0.476. The standard InChI is InChI=1S/C25H20ClN3O4/c26-19-10-4-2-7-16(19)14-33-25(32)27-13-17-12-21(27)22-23(30)29(24(31)28(17)22)20-11-5-8-15-6-1-3-9-18(15)20/h1-11,17,21,30H,12-14H2/t17-,21-/m0/s1. The van der Waals surface area contributed by atoms with Crippen molar-refractivity contribution in [2.24, 2.45) is 0 Å². The second-order valence-corrected chi connectivity index (χ2v) is 8.81. The van der Waals surface area contributed by atoms with E-state index in [4.69, 9.17) is 16.3 Å². The Morgan fingerprint density at radius 2 is 1.82 bits per heavy atom. The number of aromatic nitrogens is 2. The second kappa shape index (κ2) is 7.42. The molecule has 33 heavy (non-hydrogen) atoms. The Hall–Kier alpha value is -3.71. The third kappa shape index (κ3) is 2.96. The summed E-state index contributed by atoms with van der Waals surface area (Å²) < 4.78 is 8.47. The molecule has 0 aliphatic carbocycles. The molecule has 1 fully saturated rings. The van der Waals surface area contributed by atoms with Gasteiger partial charge in [0.25, 0.3) is 0 Å². The van der Waals surface area contributed by atoms with Crippen LogP contribution in [-0.4, -0.2) is 31.8 Å². The largest absolute Gasteiger partial charge is 0.493 e. The fourth-order valence-electron chi connectivity index (χ4n) is 5.11. The topological polar surface area (TPSA) is 76.7 Å². The van der Waals surface area contributed by atoms with E-state index in [1.807, 2.05) is 54.6 Å². The van der Waals surface area contributed by atoms with E-state index in [0.29, 0.717) is 29.4 Å². The van der Waals surface area contributed by atoms with E-state index in [2.05, 4.69) is 0 Å². The van der Waals surface area contributed by atoms with Gasteiger partial charge < -0.3 is 9.84 Å². The molecule has 0 spiro atoms. The van der Waals surface area contributed by atoms with E-state index >= 15 is 0 Å². The van der Waals surface area contributed by atoms with E-state index < -0.39 is 12.1 Å². The molecular formula is C25H20ClN3O4. The number of likely N-dealkylation sites (tertiary alicyclic amines) is 1. The minimum Gasteiger partial charge on any atom is -0.493 e. The number of amides is 1. The lowest BCUT2D eigenvalue weighted by Crippen LogP contribution is -2.38. The summed E-state index contributed by atoms with van der Waals surface area (Å²) in [4.78, 5) is 27.8. The molecule has 1 N–H and O–H groups in total. The fourth-order valence-corrected chi connectivity index (χ4v) is 5.30. The zero-order chi connectivity index (χ0) is 22.7. The number of benzene rings is 3. The van der Waals surface area contributed by atoms with Gasteiger partial charge in [-0.3, -0.25) is 9.47 Å². The maximum Gasteiger partial charge on any atom is 0.410 e. The molecular weight excluding hydrogens is 442 g/mol. The number of hydrogen-bond acceptors (Lipinski definition) is 4. The van der Waals surface area contributed by atoms with Gasteiger partial charge in [0.15, 0.2) is 0 Å². The average Bonchev–Trinajstić information content (AvgIpc) is 3.49. The van der Waals surface area contributed by atoms with Crippen molar-refractivity contribution >= 4 is 28.5 Å². The van der Waals surface area contributed by atoms with Gasteiger partial charge in [-0.15, -0.1) is 0 Å². The van der Waals surface area contributed by atoms with Crippen LogP contribution in [0.25, 0.3) is 16.5 Å². The van der Waals surface area contributed by atoms with Gasteiger partial charge in [0.1, 0.15) is 12.3 Å². The van der Waals surface area contributed by atoms with Crippen LogP contribution in [0.4, 0.5) is 4.79 Å². The van der Waals surface area contributed by atoms with Crippen LogP contribution in [0.15, 0.2) is 71.5 Å². The van der Waals surface area contributed by atoms with Gasteiger partial charge in [-0.05, 0) is 23.9 Å². The van der Waals surface area contributed by atoms with Crippen molar-refractivity contribution in [3.63, 3.8) is 0 Å². The number of aromatic hydroxyl groups is 1. The Kier molecular flexibility index (Phi) is 4.48. The number of carbonyl (C=O) groups is 1. The van der Waals surface area contributed by atoms with Gasteiger partial charge in [0, 0.05) is 22.5 Å². The van der Waals surface area contributed by atoms with E-state index in [1.165, 1.54) is 4.57 Å². The number of carbonyl (C=O) groups excluding carboxylic acids is 1. The van der Waals surface area contributed by atoms with Crippen LogP contribution < -0.4 is 5.69 Å². The molecule has 1 aromatic heterocycles. The summed E-state index contributed by atoms with van der Waals surface area (Å²) in [5.41, 5.74) is 1.50. The lowest BCUT2D eigenvalue weighted by Gasteiger charge is -2.27. The van der Waals surface area contributed by atoms with Crippen LogP contribution in [0.5, 0.6) is 5.88 Å². The lowest BCUT2D eigenvalue weighted by atomic mass is 10.1. The Morgan fingerprint density at radius 1 is 1.06 bits per heavy atom. The molecule has 2 aliphatic rings. The van der Waals surface area contributed by atoms with Gasteiger partial charge in [-0.25, -0.2) is 14.2 Å². The molecule has 4 aromatic rings. The van der Waals surface area contributed by atoms with E-state index in [1.54, 1.807) is 21.6 Å². The summed E-state index contributed by atoms with van der Waals surface area (Å²) in [7, 11) is 0. The highest BCUT2D eigenvalue weighted by molar-refractivity contribution is 6.31. The normalized spacial score (nSPS) is 18.6. The first-order chi connectivity index (χ1) is 16.0. The van der Waals surface area contributed by atoms with Gasteiger partial charge in [0.05, 0.1) is 17.8 Å². The molecule has 1 amide bonds. The summed E-state index contributed by atoms with van der Waals surface area (Å²) in [6, 6.07) is 19.9. The van der Waals surface area contributed by atoms with Gasteiger partial charge in [0.2, 0.25) is 5.88 Å². The van der Waals surface area contributed by atoms with Crippen LogP contribution in [-0.2, 0) is 11.3 Å². The SMILES string of the molecule is O=C(OCc1ccccc1Cl)N1C[C@@H]2C[C@H]1c1c(O)n(-c3cccc4ccccc34)c(=O)n12. The van der Waals surface area contributed by atoms with Crippen LogP contribution in [0.1, 0.15) is 29.8 Å². The summed E-state index contributed by atoms with van der Waals surface area (Å²) >= 11 is 6.16. The number of rotatable bonds is 3. The van der Waals surface area contributed by atoms with Gasteiger partial charge in [-0.2, -0.15) is 0 Å². The minimum atomic E-state index is -0.488. The van der Waals surface area contributed by atoms with Crippen molar-refractivity contribution in [1.82, 2.24) is 14.0 Å². The Bertz CT molecular complexity index is 1470. The summed E-state index contributed by atoms with van der Waals surface area (Å²) in [5, 5.41) is 13.5. The highest BCUT2D eigenvalue weighted by Crippen LogP contribution is 2.49. The number of hydrogen-bond donors (Lipinski definition) is 1. The molecule has 0 saturated carbocycles. The molecule has 7 nitrogen and oxygen atoms in total. The number of ether oxygens (including phenoxy) is 1. The van der Waals surface area contributed by atoms with Gasteiger partial charge >= 0.3 is 11.8 Å². The van der Waals surface area contributed by atoms with Crippen molar-refractivity contribution in [3.8, 4) is 11.6 Å². The molecule has 1 saturated heterocycles. The highest BCUT2D eigenvalue weighted by atomic mass is 35.5. The third-order valence-corrected chi connectivity index (χ3v) is 6.98. The van der Waals surface area contributed by atoms with Crippen molar-refractivity contribution in [2.75, 3.05) is 6.54 Å². The number of halogens is 1. The molecule has 0 unspecified atom stereocenters. The highest BCUT2D eigenvalue weighted by Gasteiger charge is 2.49. The first-order valence-electron chi connectivity index (χ1n) is 10.8. The number of fused-ring (bicyclic) bond motifs is 6. The van der Waals surface area contributed by atoms with E-state index in [-0.39, 0.29) is 24.2 Å². The van der Waals surface area contributed by atoms with Crippen molar-refractivity contribution in [2.45, 2.75) is 25.1 Å². The molecule has 2 aliphatic heterocycles. The van der Waals surface area contributed by atoms with E-state index in [0.717, 1.165) is 16.3 Å². The number of imidazole rings is 1. The smallest absolute Gasteiger partial charge is 0.410 e. The Labute approximate surface area is 194 Å². The van der Waals surface area contributed by atoms with Crippen molar-refractivity contribution < 1.29 is 14.6 Å². The maximum atomic E-state index is 13.4. The zero-order valence-corrected chi connectivity index (χ0v) is 18.3. The molecule has 6 rings (SSSR count). The molecule has 8 heteroatoms. The second-order valence-electron chi connectivity index (χ2n) is 8.40. The Morgan fingerprint density at radius 3 is 2.67 bits per heavy atom. The summed E-state index contributed by atoms with van der Waals surface area (Å²) in [6.07, 6.45) is 0.0915. The lowest BCUT2D eigenvalue weighted by molar-refractivity contribution is 0.0870. The predicted molar refractivity (Wildman–Crippen MR) is 124 cm³/mol. The van der Waals surface area contributed by atoms with Crippen LogP contribution in [0.3, 0.4) is 0 Å². The monoisotopic (exact) mass is 461 g/mol. The molecule has 0 radical (unpaired) electrons. The molecule has 2 bridgehead atoms. The first kappa shape index (κ1) is 19.9. The van der Waals surface area contributed by atoms with Gasteiger partial charge in [-0.1, -0.05) is 66.2 Å². The van der Waals surface area contributed by atoms with Crippen LogP contribution in [0.2, 0.25) is 5.02 Å². The Balaban J connectivity index is 1.34. The third-order valence-electron chi connectivity index (χ3n) is 6.61. The maximum absolute atomic E-state index is 13.4. The molecule has 2 atom stereocenters. The zero-order valence-electron chi connectivity index (χ0n) is 17.5. The predicted octanol–water partition coefficient (Wildman–Crippen LogP) is 4.79. The van der Waals surface area contributed by atoms with Crippen LogP contribution in [0, 0.1) is 0 Å². The summed E-state index contributed by atoms with van der Waals surface area (Å²) in [5.74, 6) is -0.132. The van der Waals surface area contributed by atoms with Crippen molar-refractivity contribution in [3.05, 3.63) is 93.5 Å². The van der Waals surface area contributed by atoms with E-state index in [9.17, 15) is 14.7 Å². The van der Waals surface area contributed by atoms with Crippen LogP contribution >= 0.6 is 11.6 Å². The molecule has 3 aromatic carbocycles. The number of nitrogens with zero attached hydrogens (tertiary/aromatic N) is 3. The average molecular weight is 462 g/mol. The minimum absolute atomic E-state index is 0.0577. The molecule has 166 valence electrons. The summed E-state index contributed by atoms with van der Waals surface area (Å²) in [6.45, 7) is 0.417. The van der Waals surface area contributed by atoms with Crippen molar-refractivity contribution in [1.29, 1.82) is 0 Å². The first-order valence-corrected chi connectivity index (χ1v) is 11.1.